The molecule has 27 heavy (non-hydrogen) atoms. The van der Waals surface area contributed by atoms with E-state index in [1.165, 1.54) is 0 Å². The van der Waals surface area contributed by atoms with E-state index in [1.807, 2.05) is 54.6 Å². The summed E-state index contributed by atoms with van der Waals surface area (Å²) in [5.41, 5.74) is 2.12. The monoisotopic (exact) mass is 389 g/mol. The van der Waals surface area contributed by atoms with Gasteiger partial charge < -0.3 is 4.42 Å². The van der Waals surface area contributed by atoms with Crippen molar-refractivity contribution in [3.8, 4) is 17.4 Å². The van der Waals surface area contributed by atoms with Gasteiger partial charge in [0.15, 0.2) is 0 Å². The summed E-state index contributed by atoms with van der Waals surface area (Å²) in [5, 5.41) is 13.0. The molecule has 0 unspecified atom stereocenters. The number of allylic oxidation sites excluding steroid dienone is 1. The van der Waals surface area contributed by atoms with Gasteiger partial charge in [0.2, 0.25) is 0 Å². The first-order chi connectivity index (χ1) is 13.2. The van der Waals surface area contributed by atoms with E-state index in [0.29, 0.717) is 32.7 Å². The third-order valence-corrected chi connectivity index (χ3v) is 4.87. The van der Waals surface area contributed by atoms with Gasteiger partial charge in [-0.2, -0.15) is 5.26 Å². The van der Waals surface area contributed by atoms with Crippen LogP contribution in [0.3, 0.4) is 0 Å². The molecule has 0 radical (unpaired) electrons. The van der Waals surface area contributed by atoms with Crippen molar-refractivity contribution in [3.63, 3.8) is 0 Å². The van der Waals surface area contributed by atoms with Crippen LogP contribution in [0.4, 0.5) is 0 Å². The normalized spacial score (nSPS) is 11.5. The first-order valence-electron chi connectivity index (χ1n) is 8.31. The minimum Gasteiger partial charge on any atom is -0.457 e. The van der Waals surface area contributed by atoms with Gasteiger partial charge in [0.25, 0.3) is 0 Å². The fourth-order valence-corrected chi connectivity index (χ4v) is 3.42. The van der Waals surface area contributed by atoms with Crippen molar-refractivity contribution < 1.29 is 4.42 Å². The summed E-state index contributed by atoms with van der Waals surface area (Å²) in [6.07, 6.45) is 1.74. The summed E-state index contributed by atoms with van der Waals surface area (Å²) < 4.78 is 5.90. The maximum Gasteiger partial charge on any atom is 0.136 e. The van der Waals surface area contributed by atoms with Crippen LogP contribution in [0.1, 0.15) is 11.3 Å². The Labute approximate surface area is 166 Å². The minimum atomic E-state index is 0.532. The minimum absolute atomic E-state index is 0.532. The van der Waals surface area contributed by atoms with Crippen LogP contribution in [-0.2, 0) is 0 Å². The first kappa shape index (κ1) is 17.4. The number of fused-ring (bicyclic) bond motifs is 1. The Hall–Kier alpha value is -2.99. The molecule has 0 aliphatic heterocycles. The molecule has 0 saturated carbocycles. The molecule has 4 rings (SSSR count). The Morgan fingerprint density at radius 3 is 2.59 bits per heavy atom. The number of halogens is 2. The highest BCUT2D eigenvalue weighted by molar-refractivity contribution is 6.35. The molecular formula is C23H13Cl2NO. The lowest BCUT2D eigenvalue weighted by Gasteiger charge is -2.05. The quantitative estimate of drug-likeness (QED) is 0.340. The summed E-state index contributed by atoms with van der Waals surface area (Å²) in [6, 6.07) is 25.0. The number of rotatable bonds is 3. The molecule has 0 aliphatic rings. The topological polar surface area (TPSA) is 36.9 Å². The molecule has 4 aromatic rings. The summed E-state index contributed by atoms with van der Waals surface area (Å²) in [6.45, 7) is 0. The van der Waals surface area contributed by atoms with Gasteiger partial charge >= 0.3 is 0 Å². The Bertz CT molecular complexity index is 1210. The number of hydrogen-bond acceptors (Lipinski definition) is 2. The van der Waals surface area contributed by atoms with Gasteiger partial charge in [-0.1, -0.05) is 65.7 Å². The third-order valence-electron chi connectivity index (χ3n) is 4.31. The van der Waals surface area contributed by atoms with Crippen LogP contribution in [0.5, 0.6) is 0 Å². The number of hydrogen-bond donors (Lipinski definition) is 0. The second-order valence-corrected chi connectivity index (χ2v) is 6.87. The van der Waals surface area contributed by atoms with Crippen LogP contribution in [-0.4, -0.2) is 0 Å². The van der Waals surface area contributed by atoms with Crippen LogP contribution in [0.15, 0.2) is 77.2 Å². The van der Waals surface area contributed by atoms with E-state index in [0.717, 1.165) is 16.3 Å². The zero-order valence-corrected chi connectivity index (χ0v) is 15.6. The van der Waals surface area contributed by atoms with E-state index in [4.69, 9.17) is 27.6 Å². The lowest BCUT2D eigenvalue weighted by atomic mass is 9.98. The first-order valence-corrected chi connectivity index (χ1v) is 9.06. The molecule has 130 valence electrons. The van der Waals surface area contributed by atoms with Gasteiger partial charge in [-0.15, -0.1) is 0 Å². The number of furan rings is 1. The van der Waals surface area contributed by atoms with Crippen molar-refractivity contribution in [3.05, 3.63) is 94.2 Å². The smallest absolute Gasteiger partial charge is 0.136 e. The molecule has 0 saturated heterocycles. The lowest BCUT2D eigenvalue weighted by molar-refractivity contribution is 0.572. The van der Waals surface area contributed by atoms with Gasteiger partial charge in [0.1, 0.15) is 11.5 Å². The summed E-state index contributed by atoms with van der Waals surface area (Å²) in [4.78, 5) is 0. The summed E-state index contributed by atoms with van der Waals surface area (Å²) in [7, 11) is 0. The SMILES string of the molecule is N#C/C(=C/c1ccc(-c2cc(Cl)ccc2Cl)o1)c1cccc2ccccc12. The van der Waals surface area contributed by atoms with Crippen LogP contribution in [0, 0.1) is 11.3 Å². The maximum atomic E-state index is 9.71. The van der Waals surface area contributed by atoms with E-state index in [9.17, 15) is 5.26 Å². The maximum absolute atomic E-state index is 9.71. The van der Waals surface area contributed by atoms with Crippen LogP contribution in [0.25, 0.3) is 33.7 Å². The van der Waals surface area contributed by atoms with E-state index in [2.05, 4.69) is 6.07 Å². The van der Waals surface area contributed by atoms with Crippen LogP contribution >= 0.6 is 23.2 Å². The average Bonchev–Trinajstić information content (AvgIpc) is 3.16. The molecule has 0 aliphatic carbocycles. The van der Waals surface area contributed by atoms with E-state index >= 15 is 0 Å². The fourth-order valence-electron chi connectivity index (χ4n) is 3.03. The standard InChI is InChI=1S/C23H13Cl2NO/c24-17-8-10-22(25)21(13-17)23-11-9-18(27-23)12-16(14-26)20-7-3-5-15-4-1-2-6-19(15)20/h1-13H/b16-12-. The molecule has 0 atom stereocenters. The van der Waals surface area contributed by atoms with Crippen molar-refractivity contribution in [1.82, 2.24) is 0 Å². The van der Waals surface area contributed by atoms with Gasteiger partial charge in [0, 0.05) is 16.1 Å². The van der Waals surface area contributed by atoms with Crippen molar-refractivity contribution in [2.45, 2.75) is 0 Å². The van der Waals surface area contributed by atoms with Gasteiger partial charge in [0.05, 0.1) is 16.7 Å². The predicted molar refractivity (Wildman–Crippen MR) is 112 cm³/mol. The molecule has 3 aromatic carbocycles. The van der Waals surface area contributed by atoms with Crippen molar-refractivity contribution >= 4 is 45.6 Å². The van der Waals surface area contributed by atoms with Gasteiger partial charge in [-0.25, -0.2) is 0 Å². The molecule has 1 aromatic heterocycles. The Morgan fingerprint density at radius 1 is 0.926 bits per heavy atom. The molecule has 0 bridgehead atoms. The average molecular weight is 390 g/mol. The number of nitriles is 1. The highest BCUT2D eigenvalue weighted by Gasteiger charge is 2.11. The van der Waals surface area contributed by atoms with E-state index in [1.54, 1.807) is 24.3 Å². The Balaban J connectivity index is 1.77. The largest absolute Gasteiger partial charge is 0.457 e. The second kappa shape index (κ2) is 7.32. The molecule has 2 nitrogen and oxygen atoms in total. The number of nitrogens with zero attached hydrogens (tertiary/aromatic N) is 1. The molecule has 0 spiro atoms. The summed E-state index contributed by atoms with van der Waals surface area (Å²) in [5.74, 6) is 1.18. The zero-order valence-electron chi connectivity index (χ0n) is 14.1. The number of benzene rings is 3. The lowest BCUT2D eigenvalue weighted by Crippen LogP contribution is -1.84. The molecule has 0 N–H and O–H groups in total. The van der Waals surface area contributed by atoms with Gasteiger partial charge in [-0.05, 0) is 47.2 Å². The highest BCUT2D eigenvalue weighted by atomic mass is 35.5. The summed E-state index contributed by atoms with van der Waals surface area (Å²) >= 11 is 12.3. The molecule has 0 fully saturated rings. The Morgan fingerprint density at radius 2 is 1.74 bits per heavy atom. The van der Waals surface area contributed by atoms with E-state index < -0.39 is 0 Å². The second-order valence-electron chi connectivity index (χ2n) is 6.02. The molecule has 1 heterocycles. The van der Waals surface area contributed by atoms with Gasteiger partial charge in [-0.3, -0.25) is 0 Å². The highest BCUT2D eigenvalue weighted by Crippen LogP contribution is 2.33. The predicted octanol–water partition coefficient (Wildman–Crippen LogP) is 7.47. The fraction of sp³-hybridized carbons (Fsp3) is 0. The van der Waals surface area contributed by atoms with Crippen molar-refractivity contribution in [1.29, 1.82) is 5.26 Å². The zero-order chi connectivity index (χ0) is 18.8. The Kier molecular flexibility index (Phi) is 4.73. The third kappa shape index (κ3) is 3.48. The molecular weight excluding hydrogens is 377 g/mol. The van der Waals surface area contributed by atoms with Crippen molar-refractivity contribution in [2.24, 2.45) is 0 Å². The van der Waals surface area contributed by atoms with Crippen LogP contribution < -0.4 is 0 Å². The molecule has 4 heteroatoms. The van der Waals surface area contributed by atoms with Crippen LogP contribution in [0.2, 0.25) is 10.0 Å². The van der Waals surface area contributed by atoms with E-state index in [-0.39, 0.29) is 0 Å². The van der Waals surface area contributed by atoms with Crippen molar-refractivity contribution in [2.75, 3.05) is 0 Å². The molecule has 0 amide bonds.